The maximum atomic E-state index is 12.2. The molecule has 1 N–H and O–H groups in total. The van der Waals surface area contributed by atoms with Crippen LogP contribution in [0, 0.1) is 0 Å². The molecular formula is C15H18Cl2N2O3. The summed E-state index contributed by atoms with van der Waals surface area (Å²) in [5, 5.41) is 3.80. The molecule has 1 aromatic rings. The number of nitrogens with one attached hydrogen (secondary N) is 1. The van der Waals surface area contributed by atoms with Crippen molar-refractivity contribution < 1.29 is 14.3 Å². The van der Waals surface area contributed by atoms with E-state index in [1.54, 1.807) is 30.0 Å². The summed E-state index contributed by atoms with van der Waals surface area (Å²) in [6.07, 6.45) is 1.09. The zero-order valence-electron chi connectivity index (χ0n) is 12.3. The van der Waals surface area contributed by atoms with Crippen molar-refractivity contribution in [2.45, 2.75) is 25.8 Å². The lowest BCUT2D eigenvalue weighted by Gasteiger charge is -2.31. The number of piperidine rings is 1. The monoisotopic (exact) mass is 344 g/mol. The molecule has 0 atom stereocenters. The van der Waals surface area contributed by atoms with Crippen molar-refractivity contribution in [3.05, 3.63) is 33.8 Å². The van der Waals surface area contributed by atoms with Gasteiger partial charge in [0.15, 0.2) is 0 Å². The first-order valence-electron chi connectivity index (χ1n) is 7.18. The van der Waals surface area contributed by atoms with E-state index in [0.29, 0.717) is 48.1 Å². The quantitative estimate of drug-likeness (QED) is 0.914. The second kappa shape index (κ2) is 7.70. The summed E-state index contributed by atoms with van der Waals surface area (Å²) in [6.45, 7) is 3.28. The summed E-state index contributed by atoms with van der Waals surface area (Å²) >= 11 is 11.8. The molecule has 1 fully saturated rings. The lowest BCUT2D eigenvalue weighted by Crippen LogP contribution is -2.46. The van der Waals surface area contributed by atoms with Crippen molar-refractivity contribution in [3.63, 3.8) is 0 Å². The van der Waals surface area contributed by atoms with Crippen LogP contribution in [0.4, 0.5) is 4.79 Å². The van der Waals surface area contributed by atoms with Gasteiger partial charge in [-0.15, -0.1) is 0 Å². The van der Waals surface area contributed by atoms with Gasteiger partial charge in [0.25, 0.3) is 5.91 Å². The maximum absolute atomic E-state index is 12.2. The van der Waals surface area contributed by atoms with Crippen molar-refractivity contribution in [1.29, 1.82) is 0 Å². The third-order valence-electron chi connectivity index (χ3n) is 3.48. The van der Waals surface area contributed by atoms with Crippen molar-refractivity contribution in [2.24, 2.45) is 0 Å². The largest absolute Gasteiger partial charge is 0.450 e. The van der Waals surface area contributed by atoms with Gasteiger partial charge in [0.2, 0.25) is 0 Å². The molecule has 1 aromatic carbocycles. The number of carbonyl (C=O) groups is 2. The van der Waals surface area contributed by atoms with E-state index in [0.717, 1.165) is 0 Å². The molecule has 1 saturated heterocycles. The lowest BCUT2D eigenvalue weighted by molar-refractivity contribution is 0.0860. The van der Waals surface area contributed by atoms with E-state index in [2.05, 4.69) is 5.32 Å². The summed E-state index contributed by atoms with van der Waals surface area (Å²) < 4.78 is 4.96. The summed E-state index contributed by atoms with van der Waals surface area (Å²) in [7, 11) is 0. The molecule has 120 valence electrons. The second-order valence-corrected chi connectivity index (χ2v) is 5.96. The second-order valence-electron chi connectivity index (χ2n) is 5.09. The molecule has 2 amide bonds. The van der Waals surface area contributed by atoms with Crippen LogP contribution in [-0.2, 0) is 4.74 Å². The number of amides is 2. The Morgan fingerprint density at radius 2 is 1.82 bits per heavy atom. The predicted molar refractivity (Wildman–Crippen MR) is 85.5 cm³/mol. The Morgan fingerprint density at radius 1 is 1.23 bits per heavy atom. The predicted octanol–water partition coefficient (Wildman–Crippen LogP) is 3.34. The van der Waals surface area contributed by atoms with E-state index in [9.17, 15) is 9.59 Å². The smallest absolute Gasteiger partial charge is 0.409 e. The highest BCUT2D eigenvalue weighted by atomic mass is 35.5. The minimum atomic E-state index is -0.297. The number of rotatable bonds is 3. The van der Waals surface area contributed by atoms with E-state index >= 15 is 0 Å². The zero-order chi connectivity index (χ0) is 16.1. The van der Waals surface area contributed by atoms with Crippen LogP contribution >= 0.6 is 23.2 Å². The normalized spacial score (nSPS) is 15.5. The highest BCUT2D eigenvalue weighted by molar-refractivity contribution is 6.35. The fourth-order valence-corrected chi connectivity index (χ4v) is 2.90. The number of nitrogens with zero attached hydrogens (tertiary/aromatic N) is 1. The Hall–Kier alpha value is -1.46. The summed E-state index contributed by atoms with van der Waals surface area (Å²) in [4.78, 5) is 25.5. The standard InChI is InChI=1S/C15H18Cl2N2O3/c1-2-22-15(21)19-5-3-13(4-6-19)18-14(20)10-7-11(16)9-12(17)8-10/h7-9,13H,2-6H2,1H3,(H,18,20). The van der Waals surface area contributed by atoms with Crippen LogP contribution in [0.1, 0.15) is 30.1 Å². The van der Waals surface area contributed by atoms with Gasteiger partial charge < -0.3 is 15.0 Å². The van der Waals surface area contributed by atoms with Crippen molar-refractivity contribution in [3.8, 4) is 0 Å². The maximum Gasteiger partial charge on any atom is 0.409 e. The van der Waals surface area contributed by atoms with Crippen molar-refractivity contribution in [2.75, 3.05) is 19.7 Å². The zero-order valence-corrected chi connectivity index (χ0v) is 13.8. The Morgan fingerprint density at radius 3 is 2.36 bits per heavy atom. The van der Waals surface area contributed by atoms with Gasteiger partial charge in [-0.1, -0.05) is 23.2 Å². The minimum Gasteiger partial charge on any atom is -0.450 e. The summed E-state index contributed by atoms with van der Waals surface area (Å²) in [5.74, 6) is -0.209. The third kappa shape index (κ3) is 4.52. The lowest BCUT2D eigenvalue weighted by atomic mass is 10.0. The number of halogens is 2. The summed E-state index contributed by atoms with van der Waals surface area (Å²) in [5.41, 5.74) is 0.435. The van der Waals surface area contributed by atoms with E-state index < -0.39 is 0 Å². The molecule has 0 bridgehead atoms. The molecule has 5 nitrogen and oxygen atoms in total. The molecule has 0 unspecified atom stereocenters. The topological polar surface area (TPSA) is 58.6 Å². The molecule has 1 heterocycles. The number of likely N-dealkylation sites (tertiary alicyclic amines) is 1. The first-order valence-corrected chi connectivity index (χ1v) is 7.94. The highest BCUT2D eigenvalue weighted by Crippen LogP contribution is 2.19. The van der Waals surface area contributed by atoms with Gasteiger partial charge in [0, 0.05) is 34.7 Å². The van der Waals surface area contributed by atoms with Gasteiger partial charge in [0.1, 0.15) is 0 Å². The molecule has 7 heteroatoms. The van der Waals surface area contributed by atoms with E-state index in [1.165, 1.54) is 0 Å². The Kier molecular flexibility index (Phi) is 5.91. The van der Waals surface area contributed by atoms with Crippen LogP contribution in [0.25, 0.3) is 0 Å². The van der Waals surface area contributed by atoms with E-state index in [-0.39, 0.29) is 18.0 Å². The van der Waals surface area contributed by atoms with Crippen molar-refractivity contribution >= 4 is 35.2 Å². The molecule has 0 aromatic heterocycles. The number of carbonyl (C=O) groups excluding carboxylic acids is 2. The van der Waals surface area contributed by atoms with Crippen molar-refractivity contribution in [1.82, 2.24) is 10.2 Å². The summed E-state index contributed by atoms with van der Waals surface area (Å²) in [6, 6.07) is 4.76. The van der Waals surface area contributed by atoms with Gasteiger partial charge in [-0.25, -0.2) is 4.79 Å². The van der Waals surface area contributed by atoms with Crippen LogP contribution in [0.2, 0.25) is 10.0 Å². The van der Waals surface area contributed by atoms with E-state index in [4.69, 9.17) is 27.9 Å². The molecule has 22 heavy (non-hydrogen) atoms. The Labute approximate surface area is 139 Å². The first kappa shape index (κ1) is 16.9. The van der Waals surface area contributed by atoms with Crippen LogP contribution < -0.4 is 5.32 Å². The average Bonchev–Trinajstić information content (AvgIpc) is 2.47. The first-order chi connectivity index (χ1) is 10.5. The van der Waals surface area contributed by atoms with E-state index in [1.807, 2.05) is 0 Å². The van der Waals surface area contributed by atoms with Gasteiger partial charge in [0.05, 0.1) is 6.61 Å². The van der Waals surface area contributed by atoms with Crippen LogP contribution in [-0.4, -0.2) is 42.6 Å². The molecule has 1 aliphatic rings. The molecule has 2 rings (SSSR count). The SMILES string of the molecule is CCOC(=O)N1CCC(NC(=O)c2cc(Cl)cc(Cl)c2)CC1. The number of hydrogen-bond acceptors (Lipinski definition) is 3. The highest BCUT2D eigenvalue weighted by Gasteiger charge is 2.24. The molecule has 0 spiro atoms. The van der Waals surface area contributed by atoms with Crippen LogP contribution in [0.5, 0.6) is 0 Å². The number of benzene rings is 1. The van der Waals surface area contributed by atoms with Gasteiger partial charge in [-0.2, -0.15) is 0 Å². The fourth-order valence-electron chi connectivity index (χ4n) is 2.37. The number of hydrogen-bond donors (Lipinski definition) is 1. The average molecular weight is 345 g/mol. The van der Waals surface area contributed by atoms with Crippen LogP contribution in [0.3, 0.4) is 0 Å². The molecule has 0 saturated carbocycles. The molecule has 1 aliphatic heterocycles. The fraction of sp³-hybridized carbons (Fsp3) is 0.467. The van der Waals surface area contributed by atoms with Gasteiger partial charge >= 0.3 is 6.09 Å². The Bertz CT molecular complexity index is 537. The number of ether oxygens (including phenoxy) is 1. The molecule has 0 radical (unpaired) electrons. The molecule has 0 aliphatic carbocycles. The molecular weight excluding hydrogens is 327 g/mol. The van der Waals surface area contributed by atoms with Gasteiger partial charge in [-0.05, 0) is 38.0 Å². The van der Waals surface area contributed by atoms with Gasteiger partial charge in [-0.3, -0.25) is 4.79 Å². The minimum absolute atomic E-state index is 0.0240. The van der Waals surface area contributed by atoms with Crippen LogP contribution in [0.15, 0.2) is 18.2 Å². The Balaban J connectivity index is 1.88. The third-order valence-corrected chi connectivity index (χ3v) is 3.92.